The third kappa shape index (κ3) is 2.57. The highest BCUT2D eigenvalue weighted by Crippen LogP contribution is 2.24. The lowest BCUT2D eigenvalue weighted by Gasteiger charge is -2.43. The number of piperazine rings is 1. The van der Waals surface area contributed by atoms with Gasteiger partial charge in [0.05, 0.1) is 11.1 Å². The Labute approximate surface area is 114 Å². The molecule has 0 spiro atoms. The fourth-order valence-corrected chi connectivity index (χ4v) is 2.69. The summed E-state index contributed by atoms with van der Waals surface area (Å²) in [6.07, 6.45) is 0. The SMILES string of the molecule is CC1(C)CNCCN1C(=O)c1ccc(F)cc1Br. The molecule has 0 bridgehead atoms. The lowest BCUT2D eigenvalue weighted by molar-refractivity contribution is 0.0476. The molecule has 1 aromatic carbocycles. The van der Waals surface area contributed by atoms with E-state index in [0.717, 1.165) is 13.1 Å². The Balaban J connectivity index is 2.30. The molecule has 0 aliphatic carbocycles. The van der Waals surface area contributed by atoms with Crippen LogP contribution in [0.5, 0.6) is 0 Å². The molecule has 1 aromatic rings. The van der Waals surface area contributed by atoms with Crippen molar-refractivity contribution in [2.24, 2.45) is 0 Å². The molecule has 1 fully saturated rings. The molecule has 1 saturated heterocycles. The molecule has 5 heteroatoms. The zero-order valence-corrected chi connectivity index (χ0v) is 12.1. The van der Waals surface area contributed by atoms with Crippen molar-refractivity contribution in [2.45, 2.75) is 19.4 Å². The summed E-state index contributed by atoms with van der Waals surface area (Å²) in [7, 11) is 0. The van der Waals surface area contributed by atoms with Gasteiger partial charge in [-0.2, -0.15) is 0 Å². The Morgan fingerprint density at radius 2 is 2.22 bits per heavy atom. The molecule has 0 aromatic heterocycles. The van der Waals surface area contributed by atoms with Gasteiger partial charge in [0.25, 0.3) is 5.91 Å². The van der Waals surface area contributed by atoms with Crippen LogP contribution in [0.2, 0.25) is 0 Å². The third-order valence-corrected chi connectivity index (χ3v) is 3.86. The van der Waals surface area contributed by atoms with Gasteiger partial charge in [0.1, 0.15) is 5.82 Å². The number of benzene rings is 1. The molecule has 2 rings (SSSR count). The maximum Gasteiger partial charge on any atom is 0.255 e. The van der Waals surface area contributed by atoms with Gasteiger partial charge >= 0.3 is 0 Å². The van der Waals surface area contributed by atoms with Crippen molar-refractivity contribution in [1.29, 1.82) is 0 Å². The summed E-state index contributed by atoms with van der Waals surface area (Å²) in [5.74, 6) is -0.411. The van der Waals surface area contributed by atoms with Gasteiger partial charge in [0.15, 0.2) is 0 Å². The predicted molar refractivity (Wildman–Crippen MR) is 72.1 cm³/mol. The molecule has 0 unspecified atom stereocenters. The van der Waals surface area contributed by atoms with Gasteiger partial charge in [0, 0.05) is 24.1 Å². The van der Waals surface area contributed by atoms with Gasteiger partial charge in [-0.15, -0.1) is 0 Å². The second-order valence-electron chi connectivity index (χ2n) is 5.07. The summed E-state index contributed by atoms with van der Waals surface area (Å²) in [6.45, 7) is 6.25. The molecule has 1 N–H and O–H groups in total. The van der Waals surface area contributed by atoms with Crippen LogP contribution in [0.1, 0.15) is 24.2 Å². The minimum Gasteiger partial charge on any atom is -0.331 e. The highest BCUT2D eigenvalue weighted by molar-refractivity contribution is 9.10. The lowest BCUT2D eigenvalue weighted by Crippen LogP contribution is -2.59. The molecule has 0 saturated carbocycles. The number of amides is 1. The summed E-state index contributed by atoms with van der Waals surface area (Å²) < 4.78 is 13.5. The van der Waals surface area contributed by atoms with Crippen LogP contribution in [-0.2, 0) is 0 Å². The quantitative estimate of drug-likeness (QED) is 0.863. The Morgan fingerprint density at radius 3 is 2.83 bits per heavy atom. The van der Waals surface area contributed by atoms with E-state index in [1.165, 1.54) is 18.2 Å². The van der Waals surface area contributed by atoms with Crippen molar-refractivity contribution >= 4 is 21.8 Å². The average Bonchev–Trinajstić information content (AvgIpc) is 2.27. The third-order valence-electron chi connectivity index (χ3n) is 3.21. The number of carbonyl (C=O) groups excluding carboxylic acids is 1. The first-order chi connectivity index (χ1) is 8.42. The fraction of sp³-hybridized carbons (Fsp3) is 0.462. The second-order valence-corrected chi connectivity index (χ2v) is 5.92. The molecule has 1 aliphatic rings. The van der Waals surface area contributed by atoms with Crippen molar-refractivity contribution in [1.82, 2.24) is 10.2 Å². The highest BCUT2D eigenvalue weighted by Gasteiger charge is 2.34. The molecular weight excluding hydrogens is 299 g/mol. The van der Waals surface area contributed by atoms with Gasteiger partial charge in [-0.1, -0.05) is 0 Å². The molecular formula is C13H16BrFN2O. The van der Waals surface area contributed by atoms with Crippen LogP contribution < -0.4 is 5.32 Å². The number of nitrogens with one attached hydrogen (secondary N) is 1. The van der Waals surface area contributed by atoms with Crippen LogP contribution in [-0.4, -0.2) is 36.0 Å². The van der Waals surface area contributed by atoms with Crippen LogP contribution in [0.25, 0.3) is 0 Å². The first-order valence-corrected chi connectivity index (χ1v) is 6.69. The summed E-state index contributed by atoms with van der Waals surface area (Å²) in [5.41, 5.74) is 0.273. The Kier molecular flexibility index (Phi) is 3.73. The van der Waals surface area contributed by atoms with Crippen LogP contribution in [0.15, 0.2) is 22.7 Å². The van der Waals surface area contributed by atoms with Crippen LogP contribution in [0.3, 0.4) is 0 Å². The Hall–Kier alpha value is -0.940. The summed E-state index contributed by atoms with van der Waals surface area (Å²) in [6, 6.07) is 4.16. The first kappa shape index (κ1) is 13.5. The number of nitrogens with zero attached hydrogens (tertiary/aromatic N) is 1. The normalized spacial score (nSPS) is 18.8. The van der Waals surface area contributed by atoms with Crippen LogP contribution in [0.4, 0.5) is 4.39 Å². The summed E-state index contributed by atoms with van der Waals surface area (Å²) >= 11 is 3.25. The number of rotatable bonds is 1. The molecule has 0 atom stereocenters. The van der Waals surface area contributed by atoms with E-state index in [2.05, 4.69) is 21.2 Å². The number of carbonyl (C=O) groups is 1. The minimum atomic E-state index is -0.349. The van der Waals surface area contributed by atoms with E-state index >= 15 is 0 Å². The Morgan fingerprint density at radius 1 is 1.50 bits per heavy atom. The molecule has 1 aliphatic heterocycles. The zero-order chi connectivity index (χ0) is 13.3. The smallest absolute Gasteiger partial charge is 0.255 e. The standard InChI is InChI=1S/C13H16BrFN2O/c1-13(2)8-16-5-6-17(13)12(18)10-4-3-9(15)7-11(10)14/h3-4,7,16H,5-6,8H2,1-2H3. The van der Waals surface area contributed by atoms with Crippen molar-refractivity contribution in [2.75, 3.05) is 19.6 Å². The van der Waals surface area contributed by atoms with Crippen molar-refractivity contribution in [3.8, 4) is 0 Å². The Bertz CT molecular complexity index is 476. The maximum absolute atomic E-state index is 13.0. The lowest BCUT2D eigenvalue weighted by atomic mass is 9.99. The van der Waals surface area contributed by atoms with E-state index in [9.17, 15) is 9.18 Å². The van der Waals surface area contributed by atoms with Crippen molar-refractivity contribution in [3.63, 3.8) is 0 Å². The number of hydrogen-bond acceptors (Lipinski definition) is 2. The molecule has 98 valence electrons. The van der Waals surface area contributed by atoms with E-state index in [1.54, 1.807) is 0 Å². The largest absolute Gasteiger partial charge is 0.331 e. The van der Waals surface area contributed by atoms with E-state index in [-0.39, 0.29) is 17.3 Å². The second kappa shape index (κ2) is 4.97. The van der Waals surface area contributed by atoms with Gasteiger partial charge < -0.3 is 10.2 Å². The highest BCUT2D eigenvalue weighted by atomic mass is 79.9. The van der Waals surface area contributed by atoms with Crippen LogP contribution >= 0.6 is 15.9 Å². The van der Waals surface area contributed by atoms with Crippen molar-refractivity contribution in [3.05, 3.63) is 34.1 Å². The molecule has 1 amide bonds. The van der Waals surface area contributed by atoms with E-state index in [1.807, 2.05) is 18.7 Å². The molecule has 0 radical (unpaired) electrons. The average molecular weight is 315 g/mol. The zero-order valence-electron chi connectivity index (χ0n) is 10.5. The first-order valence-electron chi connectivity index (χ1n) is 5.89. The maximum atomic E-state index is 13.0. The molecule has 1 heterocycles. The van der Waals surface area contributed by atoms with Gasteiger partial charge in [0.2, 0.25) is 0 Å². The van der Waals surface area contributed by atoms with Crippen LogP contribution in [0, 0.1) is 5.82 Å². The number of halogens is 2. The monoisotopic (exact) mass is 314 g/mol. The van der Waals surface area contributed by atoms with E-state index in [0.29, 0.717) is 16.6 Å². The molecule has 18 heavy (non-hydrogen) atoms. The van der Waals surface area contributed by atoms with Gasteiger partial charge in [-0.3, -0.25) is 4.79 Å². The summed E-state index contributed by atoms with van der Waals surface area (Å²) in [5, 5.41) is 3.27. The summed E-state index contributed by atoms with van der Waals surface area (Å²) in [4.78, 5) is 14.3. The van der Waals surface area contributed by atoms with E-state index in [4.69, 9.17) is 0 Å². The molecule has 3 nitrogen and oxygen atoms in total. The van der Waals surface area contributed by atoms with Crippen molar-refractivity contribution < 1.29 is 9.18 Å². The predicted octanol–water partition coefficient (Wildman–Crippen LogP) is 2.41. The van der Waals surface area contributed by atoms with E-state index < -0.39 is 0 Å². The topological polar surface area (TPSA) is 32.3 Å². The number of hydrogen-bond donors (Lipinski definition) is 1. The minimum absolute atomic E-state index is 0.0617. The van der Waals surface area contributed by atoms with Gasteiger partial charge in [-0.25, -0.2) is 4.39 Å². The fourth-order valence-electron chi connectivity index (χ4n) is 2.17. The van der Waals surface area contributed by atoms with Gasteiger partial charge in [-0.05, 0) is 48.0 Å².